The standard InChI is InChI=1S/C10H19F8INO6PSSi2/c1-29(2,3)25-27(21,26-30(4,5)6)20-28(22,23)10(17,18)9(15,16)24-8(13,14)7(11,12)19/h1-6H3,(H,20,21). The van der Waals surface area contributed by atoms with E-state index in [1.165, 1.54) is 39.3 Å². The molecular formula is C10H19F8INO6PSSi2. The molecular weight excluding hydrogens is 628 g/mol. The smallest absolute Gasteiger partial charge is 0.340 e. The fourth-order valence-electron chi connectivity index (χ4n) is 1.42. The highest BCUT2D eigenvalue weighted by Crippen LogP contribution is 2.54. The maximum atomic E-state index is 14.0. The van der Waals surface area contributed by atoms with Crippen LogP contribution in [-0.4, -0.2) is 46.5 Å². The largest absolute Gasteiger partial charge is 0.449 e. The number of ether oxygens (including phenoxy) is 1. The third-order valence-electron chi connectivity index (χ3n) is 2.28. The summed E-state index contributed by atoms with van der Waals surface area (Å²) in [6, 6.07) is 0. The molecule has 7 nitrogen and oxygen atoms in total. The van der Waals surface area contributed by atoms with Crippen molar-refractivity contribution in [1.82, 2.24) is 4.49 Å². The van der Waals surface area contributed by atoms with E-state index in [-0.39, 0.29) is 22.6 Å². The zero-order chi connectivity index (χ0) is 24.8. The highest BCUT2D eigenvalue weighted by atomic mass is 127. The first-order chi connectivity index (χ1) is 12.6. The number of alkyl halides is 9. The van der Waals surface area contributed by atoms with E-state index in [1.54, 1.807) is 0 Å². The summed E-state index contributed by atoms with van der Waals surface area (Å²) in [4.78, 5) is 0. The van der Waals surface area contributed by atoms with E-state index >= 15 is 0 Å². The molecule has 0 rings (SSSR count). The van der Waals surface area contributed by atoms with Gasteiger partial charge < -0.3 is 8.43 Å². The Labute approximate surface area is 183 Å². The van der Waals surface area contributed by atoms with Gasteiger partial charge in [0.25, 0.3) is 10.0 Å². The van der Waals surface area contributed by atoms with Crippen molar-refractivity contribution in [2.45, 2.75) is 60.7 Å². The molecule has 0 aliphatic carbocycles. The molecule has 0 aromatic carbocycles. The SMILES string of the molecule is C[Si](C)(C)OP(=O)(NS(=O)(=O)C(F)(F)C(F)(F)OC(F)(F)C(F)(F)I)O[Si](C)(C)C. The van der Waals surface area contributed by atoms with E-state index in [0.29, 0.717) is 4.49 Å². The predicted molar refractivity (Wildman–Crippen MR) is 103 cm³/mol. The van der Waals surface area contributed by atoms with Crippen LogP contribution in [0.4, 0.5) is 35.1 Å². The average Bonchev–Trinajstić information content (AvgIpc) is 2.28. The summed E-state index contributed by atoms with van der Waals surface area (Å²) in [6.07, 6.45) is -12.9. The Kier molecular flexibility index (Phi) is 8.95. The van der Waals surface area contributed by atoms with E-state index < -0.39 is 55.8 Å². The second-order valence-corrected chi connectivity index (χ2v) is 22.2. The van der Waals surface area contributed by atoms with Gasteiger partial charge in [0.1, 0.15) is 0 Å². The molecule has 0 radical (unpaired) electrons. The van der Waals surface area contributed by atoms with Crippen LogP contribution in [-0.2, 0) is 27.8 Å². The molecule has 0 fully saturated rings. The lowest BCUT2D eigenvalue weighted by atomic mass is 10.6. The van der Waals surface area contributed by atoms with Gasteiger partial charge >= 0.3 is 29.1 Å². The normalized spacial score (nSPS) is 16.1. The quantitative estimate of drug-likeness (QED) is 0.104. The van der Waals surface area contributed by atoms with Gasteiger partial charge in [0, 0.05) is 22.6 Å². The fraction of sp³-hybridized carbons (Fsp3) is 1.00. The summed E-state index contributed by atoms with van der Waals surface area (Å²) in [7, 11) is -18.2. The van der Waals surface area contributed by atoms with Crippen molar-refractivity contribution >= 4 is 57.0 Å². The Morgan fingerprint density at radius 3 is 1.40 bits per heavy atom. The Morgan fingerprint density at radius 1 is 0.800 bits per heavy atom. The van der Waals surface area contributed by atoms with Crippen LogP contribution in [0.5, 0.6) is 0 Å². The minimum atomic E-state index is -6.85. The monoisotopic (exact) mass is 647 g/mol. The Balaban J connectivity index is 6.20. The zero-order valence-electron chi connectivity index (χ0n) is 16.2. The maximum absolute atomic E-state index is 14.0. The number of nitrogens with one attached hydrogen (secondary N) is 1. The van der Waals surface area contributed by atoms with Crippen LogP contribution in [0.15, 0.2) is 0 Å². The van der Waals surface area contributed by atoms with Gasteiger partial charge in [-0.1, -0.05) is 0 Å². The van der Waals surface area contributed by atoms with Crippen molar-refractivity contribution in [3.8, 4) is 0 Å². The molecule has 0 heterocycles. The van der Waals surface area contributed by atoms with E-state index in [2.05, 4.69) is 4.74 Å². The van der Waals surface area contributed by atoms with E-state index in [1.807, 2.05) is 0 Å². The number of halogens is 9. The first-order valence-electron chi connectivity index (χ1n) is 7.53. The second-order valence-electron chi connectivity index (χ2n) is 7.65. The molecule has 0 aliphatic rings. The van der Waals surface area contributed by atoms with E-state index in [4.69, 9.17) is 8.43 Å². The summed E-state index contributed by atoms with van der Waals surface area (Å²) in [5.74, 6) is 0. The van der Waals surface area contributed by atoms with Crippen LogP contribution in [0.3, 0.4) is 0 Å². The number of rotatable bonds is 11. The fourth-order valence-corrected chi connectivity index (χ4v) is 10.7. The number of sulfonamides is 1. The van der Waals surface area contributed by atoms with Crippen LogP contribution >= 0.6 is 30.3 Å². The molecule has 0 aromatic heterocycles. The van der Waals surface area contributed by atoms with Gasteiger partial charge in [-0.2, -0.15) is 35.1 Å². The van der Waals surface area contributed by atoms with Crippen molar-refractivity contribution < 1.29 is 61.3 Å². The average molecular weight is 647 g/mol. The van der Waals surface area contributed by atoms with Crippen LogP contribution in [0.25, 0.3) is 0 Å². The van der Waals surface area contributed by atoms with Crippen molar-refractivity contribution in [3.63, 3.8) is 0 Å². The third kappa shape index (κ3) is 8.20. The van der Waals surface area contributed by atoms with Gasteiger partial charge in [-0.3, -0.25) is 0 Å². The van der Waals surface area contributed by atoms with Crippen molar-refractivity contribution in [2.24, 2.45) is 0 Å². The molecule has 0 aliphatic heterocycles. The van der Waals surface area contributed by atoms with Crippen LogP contribution in [0.2, 0.25) is 39.3 Å². The first-order valence-corrected chi connectivity index (χ1v) is 18.5. The lowest BCUT2D eigenvalue weighted by Crippen LogP contribution is -2.57. The molecule has 0 saturated carbocycles. The zero-order valence-corrected chi connectivity index (χ0v) is 22.1. The molecule has 1 N–H and O–H groups in total. The van der Waals surface area contributed by atoms with Crippen molar-refractivity contribution in [3.05, 3.63) is 0 Å². The highest BCUT2D eigenvalue weighted by Gasteiger charge is 2.74. The molecule has 0 saturated heterocycles. The Morgan fingerprint density at radius 2 is 1.13 bits per heavy atom. The molecule has 20 heteroatoms. The van der Waals surface area contributed by atoms with Gasteiger partial charge in [-0.05, 0) is 39.3 Å². The Bertz CT molecular complexity index is 763. The topological polar surface area (TPSA) is 90.9 Å². The first kappa shape index (κ1) is 30.6. The van der Waals surface area contributed by atoms with Crippen LogP contribution in [0, 0.1) is 0 Å². The number of hydrogen-bond acceptors (Lipinski definition) is 6. The summed E-state index contributed by atoms with van der Waals surface area (Å²) in [6.45, 7) is 7.92. The molecule has 30 heavy (non-hydrogen) atoms. The van der Waals surface area contributed by atoms with Gasteiger partial charge in [0.15, 0.2) is 16.6 Å². The molecule has 0 amide bonds. The lowest BCUT2D eigenvalue weighted by Gasteiger charge is -2.33. The second kappa shape index (κ2) is 8.76. The summed E-state index contributed by atoms with van der Waals surface area (Å²) < 4.78 is 150. The van der Waals surface area contributed by atoms with Gasteiger partial charge in [0.05, 0.1) is 0 Å². The van der Waals surface area contributed by atoms with Gasteiger partial charge in [-0.25, -0.2) is 17.7 Å². The van der Waals surface area contributed by atoms with Crippen LogP contribution < -0.4 is 4.49 Å². The molecule has 0 atom stereocenters. The van der Waals surface area contributed by atoms with Crippen molar-refractivity contribution in [1.29, 1.82) is 0 Å². The van der Waals surface area contributed by atoms with Crippen molar-refractivity contribution in [2.75, 3.05) is 0 Å². The van der Waals surface area contributed by atoms with E-state index in [9.17, 15) is 48.1 Å². The lowest BCUT2D eigenvalue weighted by molar-refractivity contribution is -0.438. The summed E-state index contributed by atoms with van der Waals surface area (Å²) in [5, 5.41) is -6.59. The predicted octanol–water partition coefficient (Wildman–Crippen LogP) is 5.54. The maximum Gasteiger partial charge on any atom is 0.449 e. The molecule has 0 unspecified atom stereocenters. The van der Waals surface area contributed by atoms with Crippen LogP contribution in [0.1, 0.15) is 0 Å². The molecule has 0 aromatic rings. The Hall–Kier alpha value is 0.624. The third-order valence-corrected chi connectivity index (χ3v) is 12.0. The van der Waals surface area contributed by atoms with E-state index in [0.717, 1.165) is 0 Å². The minimum absolute atomic E-state index is 0.367. The molecule has 0 spiro atoms. The number of hydrogen-bond donors (Lipinski definition) is 1. The summed E-state index contributed by atoms with van der Waals surface area (Å²) >= 11 is -0.367. The molecule has 182 valence electrons. The highest BCUT2D eigenvalue weighted by molar-refractivity contribution is 14.1. The van der Waals surface area contributed by atoms with Gasteiger partial charge in [-0.15, -0.1) is 4.49 Å². The molecule has 0 bridgehead atoms. The van der Waals surface area contributed by atoms with Gasteiger partial charge in [0.2, 0.25) is 0 Å². The summed E-state index contributed by atoms with van der Waals surface area (Å²) in [5.41, 5.74) is 0. The minimum Gasteiger partial charge on any atom is -0.340 e.